The molecule has 2 N–H and O–H groups in total. The van der Waals surface area contributed by atoms with E-state index in [0.717, 1.165) is 18.8 Å². The number of carbonyl (C=O) groups is 1. The van der Waals surface area contributed by atoms with E-state index in [1.807, 2.05) is 5.38 Å². The smallest absolute Gasteiger partial charge is 0.365 e. The van der Waals surface area contributed by atoms with E-state index >= 15 is 0 Å². The minimum absolute atomic E-state index is 0.171. The SMILES string of the molecule is CN1CCCC(CNCc2csc(C(=O)O)n2)C1. The van der Waals surface area contributed by atoms with Crippen LogP contribution in [0.5, 0.6) is 0 Å². The van der Waals surface area contributed by atoms with Crippen LogP contribution in [-0.2, 0) is 6.54 Å². The summed E-state index contributed by atoms with van der Waals surface area (Å²) in [4.78, 5) is 17.1. The largest absolute Gasteiger partial charge is 0.476 e. The lowest BCUT2D eigenvalue weighted by Gasteiger charge is -2.29. The molecule has 1 aromatic rings. The van der Waals surface area contributed by atoms with Crippen LogP contribution in [0.1, 0.15) is 28.3 Å². The van der Waals surface area contributed by atoms with Gasteiger partial charge in [-0.25, -0.2) is 9.78 Å². The molecule has 1 unspecified atom stereocenters. The second-order valence-corrected chi connectivity index (χ2v) is 5.71. The zero-order valence-electron chi connectivity index (χ0n) is 10.6. The molecule has 1 aromatic heterocycles. The molecular weight excluding hydrogens is 250 g/mol. The van der Waals surface area contributed by atoms with Crippen molar-refractivity contribution in [3.8, 4) is 0 Å². The van der Waals surface area contributed by atoms with Gasteiger partial charge in [0.2, 0.25) is 5.01 Å². The molecular formula is C12H19N3O2S. The lowest BCUT2D eigenvalue weighted by molar-refractivity contribution is 0.0696. The maximum atomic E-state index is 10.7. The van der Waals surface area contributed by atoms with Crippen LogP contribution < -0.4 is 5.32 Å². The van der Waals surface area contributed by atoms with Crippen LogP contribution in [0, 0.1) is 5.92 Å². The fourth-order valence-electron chi connectivity index (χ4n) is 2.33. The number of nitrogens with one attached hydrogen (secondary N) is 1. The van der Waals surface area contributed by atoms with Crippen molar-refractivity contribution in [1.82, 2.24) is 15.2 Å². The maximum Gasteiger partial charge on any atom is 0.365 e. The Morgan fingerprint density at radius 1 is 1.72 bits per heavy atom. The second-order valence-electron chi connectivity index (χ2n) is 4.85. The first kappa shape index (κ1) is 13.5. The van der Waals surface area contributed by atoms with Gasteiger partial charge in [0.1, 0.15) is 0 Å². The Balaban J connectivity index is 1.72. The highest BCUT2D eigenvalue weighted by atomic mass is 32.1. The van der Waals surface area contributed by atoms with Crippen molar-refractivity contribution < 1.29 is 9.90 Å². The molecule has 1 atom stereocenters. The predicted molar refractivity (Wildman–Crippen MR) is 71.0 cm³/mol. The van der Waals surface area contributed by atoms with Crippen LogP contribution in [0.15, 0.2) is 5.38 Å². The lowest BCUT2D eigenvalue weighted by atomic mass is 9.98. The summed E-state index contributed by atoms with van der Waals surface area (Å²) in [6.45, 7) is 3.98. The van der Waals surface area contributed by atoms with Gasteiger partial charge in [-0.05, 0) is 38.9 Å². The van der Waals surface area contributed by atoms with Gasteiger partial charge in [0.15, 0.2) is 0 Å². The number of carboxylic acid groups (broad SMARTS) is 1. The summed E-state index contributed by atoms with van der Waals surface area (Å²) < 4.78 is 0. The first-order valence-corrected chi connectivity index (χ1v) is 7.10. The number of aromatic nitrogens is 1. The van der Waals surface area contributed by atoms with Crippen LogP contribution >= 0.6 is 11.3 Å². The molecule has 2 rings (SSSR count). The van der Waals surface area contributed by atoms with Crippen LogP contribution in [0.25, 0.3) is 0 Å². The van der Waals surface area contributed by atoms with Crippen molar-refractivity contribution in [2.75, 3.05) is 26.7 Å². The molecule has 5 nitrogen and oxygen atoms in total. The molecule has 2 heterocycles. The number of hydrogen-bond acceptors (Lipinski definition) is 5. The van der Waals surface area contributed by atoms with Gasteiger partial charge in [0, 0.05) is 18.5 Å². The van der Waals surface area contributed by atoms with Crippen molar-refractivity contribution in [1.29, 1.82) is 0 Å². The normalized spacial score (nSPS) is 21.1. The molecule has 1 saturated heterocycles. The summed E-state index contributed by atoms with van der Waals surface area (Å²) in [5.74, 6) is -0.249. The van der Waals surface area contributed by atoms with Gasteiger partial charge in [-0.2, -0.15) is 0 Å². The Kier molecular flexibility index (Phi) is 4.68. The zero-order chi connectivity index (χ0) is 13.0. The maximum absolute atomic E-state index is 10.7. The molecule has 0 bridgehead atoms. The van der Waals surface area contributed by atoms with Gasteiger partial charge in [0.05, 0.1) is 5.69 Å². The van der Waals surface area contributed by atoms with E-state index < -0.39 is 5.97 Å². The van der Waals surface area contributed by atoms with E-state index in [4.69, 9.17) is 5.11 Å². The molecule has 0 amide bonds. The average Bonchev–Trinajstić information content (AvgIpc) is 2.78. The van der Waals surface area contributed by atoms with E-state index in [1.165, 1.54) is 30.7 Å². The number of carboxylic acids is 1. The van der Waals surface area contributed by atoms with Gasteiger partial charge in [-0.3, -0.25) is 0 Å². The number of nitrogens with zero attached hydrogens (tertiary/aromatic N) is 2. The summed E-state index contributed by atoms with van der Waals surface area (Å²) in [6, 6.07) is 0. The number of aromatic carboxylic acids is 1. The molecule has 0 radical (unpaired) electrons. The highest BCUT2D eigenvalue weighted by Gasteiger charge is 2.16. The van der Waals surface area contributed by atoms with Gasteiger partial charge in [0.25, 0.3) is 0 Å². The third kappa shape index (κ3) is 3.76. The highest BCUT2D eigenvalue weighted by molar-refractivity contribution is 7.11. The lowest BCUT2D eigenvalue weighted by Crippen LogP contribution is -2.37. The Bertz CT molecular complexity index is 408. The van der Waals surface area contributed by atoms with Crippen molar-refractivity contribution in [2.24, 2.45) is 5.92 Å². The first-order chi connectivity index (χ1) is 8.65. The molecule has 6 heteroatoms. The standard InChI is InChI=1S/C12H19N3O2S/c1-15-4-2-3-9(7-15)5-13-6-10-8-18-11(14-10)12(16)17/h8-9,13H,2-7H2,1H3,(H,16,17). The molecule has 1 fully saturated rings. The summed E-state index contributed by atoms with van der Waals surface area (Å²) >= 11 is 1.19. The van der Waals surface area contributed by atoms with Crippen molar-refractivity contribution >= 4 is 17.3 Å². The highest BCUT2D eigenvalue weighted by Crippen LogP contribution is 2.14. The van der Waals surface area contributed by atoms with E-state index in [2.05, 4.69) is 22.2 Å². The predicted octanol–water partition coefficient (Wildman–Crippen LogP) is 1.27. The van der Waals surface area contributed by atoms with E-state index in [1.54, 1.807) is 0 Å². The van der Waals surface area contributed by atoms with E-state index in [0.29, 0.717) is 12.5 Å². The monoisotopic (exact) mass is 269 g/mol. The zero-order valence-corrected chi connectivity index (χ0v) is 11.4. The third-order valence-electron chi connectivity index (χ3n) is 3.20. The topological polar surface area (TPSA) is 65.5 Å². The minimum atomic E-state index is -0.944. The second kappa shape index (κ2) is 6.26. The first-order valence-electron chi connectivity index (χ1n) is 6.22. The molecule has 1 aliphatic heterocycles. The summed E-state index contributed by atoms with van der Waals surface area (Å²) in [7, 11) is 2.16. The Labute approximate surface area is 111 Å². The molecule has 0 saturated carbocycles. The number of likely N-dealkylation sites (tertiary alicyclic amines) is 1. The summed E-state index contributed by atoms with van der Waals surface area (Å²) in [6.07, 6.45) is 2.54. The quantitative estimate of drug-likeness (QED) is 0.843. The molecule has 0 spiro atoms. The fraction of sp³-hybridized carbons (Fsp3) is 0.667. The Morgan fingerprint density at radius 3 is 3.22 bits per heavy atom. The van der Waals surface area contributed by atoms with Crippen LogP contribution in [0.2, 0.25) is 0 Å². The van der Waals surface area contributed by atoms with Crippen LogP contribution in [-0.4, -0.2) is 47.6 Å². The summed E-state index contributed by atoms with van der Waals surface area (Å²) in [5.41, 5.74) is 0.821. The van der Waals surface area contributed by atoms with Gasteiger partial charge in [-0.1, -0.05) is 0 Å². The van der Waals surface area contributed by atoms with Crippen molar-refractivity contribution in [2.45, 2.75) is 19.4 Å². The van der Waals surface area contributed by atoms with Crippen LogP contribution in [0.4, 0.5) is 0 Å². The Morgan fingerprint density at radius 2 is 2.56 bits per heavy atom. The van der Waals surface area contributed by atoms with Crippen LogP contribution in [0.3, 0.4) is 0 Å². The van der Waals surface area contributed by atoms with Gasteiger partial charge >= 0.3 is 5.97 Å². The molecule has 0 aliphatic carbocycles. The molecule has 0 aromatic carbocycles. The van der Waals surface area contributed by atoms with Gasteiger partial charge in [-0.15, -0.1) is 11.3 Å². The minimum Gasteiger partial charge on any atom is -0.476 e. The number of thiazole rings is 1. The third-order valence-corrected chi connectivity index (χ3v) is 4.08. The average molecular weight is 269 g/mol. The Hall–Kier alpha value is -0.980. The van der Waals surface area contributed by atoms with Gasteiger partial charge < -0.3 is 15.3 Å². The summed E-state index contributed by atoms with van der Waals surface area (Å²) in [5, 5.41) is 14.1. The van der Waals surface area contributed by atoms with Crippen molar-refractivity contribution in [3.63, 3.8) is 0 Å². The number of hydrogen-bond donors (Lipinski definition) is 2. The molecule has 1 aliphatic rings. The fourth-order valence-corrected chi connectivity index (χ4v) is 2.99. The number of rotatable bonds is 5. The molecule has 100 valence electrons. The number of piperidine rings is 1. The van der Waals surface area contributed by atoms with E-state index in [-0.39, 0.29) is 5.01 Å². The van der Waals surface area contributed by atoms with E-state index in [9.17, 15) is 4.79 Å². The molecule has 18 heavy (non-hydrogen) atoms. The van der Waals surface area contributed by atoms with Crippen molar-refractivity contribution in [3.05, 3.63) is 16.1 Å².